The summed E-state index contributed by atoms with van der Waals surface area (Å²) in [6, 6.07) is 5.65. The molecular formula is C12H12F2N2O2S. The van der Waals surface area contributed by atoms with Gasteiger partial charge in [-0.2, -0.15) is 8.78 Å². The third-order valence-corrected chi connectivity index (χ3v) is 3.38. The molecule has 0 atom stereocenters. The molecule has 0 radical (unpaired) electrons. The lowest BCUT2D eigenvalue weighted by Gasteiger charge is -2.13. The Kier molecular flexibility index (Phi) is 3.66. The Balaban J connectivity index is 2.00. The van der Waals surface area contributed by atoms with E-state index < -0.39 is 12.0 Å². The van der Waals surface area contributed by atoms with Gasteiger partial charge in [0.25, 0.3) is 0 Å². The van der Waals surface area contributed by atoms with Crippen LogP contribution in [0.1, 0.15) is 12.8 Å². The van der Waals surface area contributed by atoms with Crippen molar-refractivity contribution < 1.29 is 18.3 Å². The van der Waals surface area contributed by atoms with E-state index in [1.54, 1.807) is 0 Å². The van der Waals surface area contributed by atoms with Crippen LogP contribution in [0.3, 0.4) is 0 Å². The molecule has 1 aromatic carbocycles. The van der Waals surface area contributed by atoms with Gasteiger partial charge in [0.15, 0.2) is 0 Å². The van der Waals surface area contributed by atoms with Crippen molar-refractivity contribution in [2.24, 2.45) is 11.1 Å². The molecule has 102 valence electrons. The van der Waals surface area contributed by atoms with Crippen LogP contribution in [0.2, 0.25) is 0 Å². The minimum atomic E-state index is -2.87. The Morgan fingerprint density at radius 1 is 1.37 bits per heavy atom. The van der Waals surface area contributed by atoms with Crippen molar-refractivity contribution in [3.8, 4) is 5.75 Å². The number of thiocarbonyl (C=S) groups is 1. The van der Waals surface area contributed by atoms with Crippen molar-refractivity contribution in [3.05, 3.63) is 24.3 Å². The van der Waals surface area contributed by atoms with E-state index in [1.165, 1.54) is 24.3 Å². The predicted octanol–water partition coefficient (Wildman–Crippen LogP) is 2.29. The summed E-state index contributed by atoms with van der Waals surface area (Å²) < 4.78 is 28.1. The minimum Gasteiger partial charge on any atom is -0.435 e. The highest BCUT2D eigenvalue weighted by Gasteiger charge is 2.52. The third kappa shape index (κ3) is 2.98. The zero-order chi connectivity index (χ0) is 14.0. The largest absolute Gasteiger partial charge is 0.435 e. The zero-order valence-electron chi connectivity index (χ0n) is 9.86. The second-order valence-corrected chi connectivity index (χ2v) is 4.74. The van der Waals surface area contributed by atoms with Crippen LogP contribution in [0.15, 0.2) is 24.3 Å². The second kappa shape index (κ2) is 5.08. The van der Waals surface area contributed by atoms with Gasteiger partial charge in [0, 0.05) is 5.69 Å². The maximum Gasteiger partial charge on any atom is 0.387 e. The number of nitrogens with two attached hydrogens (primary N) is 1. The van der Waals surface area contributed by atoms with Gasteiger partial charge in [-0.1, -0.05) is 12.2 Å². The fourth-order valence-electron chi connectivity index (χ4n) is 1.68. The normalized spacial score (nSPS) is 15.9. The summed E-state index contributed by atoms with van der Waals surface area (Å²) in [5.74, 6) is -0.231. The van der Waals surface area contributed by atoms with Crippen LogP contribution in [-0.4, -0.2) is 17.5 Å². The van der Waals surface area contributed by atoms with E-state index in [2.05, 4.69) is 10.1 Å². The zero-order valence-corrected chi connectivity index (χ0v) is 10.7. The molecule has 0 spiro atoms. The maximum absolute atomic E-state index is 12.0. The monoisotopic (exact) mass is 286 g/mol. The highest BCUT2D eigenvalue weighted by Crippen LogP contribution is 2.46. The molecule has 2 rings (SSSR count). The van der Waals surface area contributed by atoms with Crippen molar-refractivity contribution in [1.29, 1.82) is 0 Å². The van der Waals surface area contributed by atoms with Crippen LogP contribution in [0.5, 0.6) is 5.75 Å². The Morgan fingerprint density at radius 3 is 2.37 bits per heavy atom. The average Bonchev–Trinajstić information content (AvgIpc) is 3.12. The number of rotatable bonds is 5. The van der Waals surface area contributed by atoms with E-state index in [0.29, 0.717) is 18.5 Å². The molecule has 0 bridgehead atoms. The molecule has 1 aliphatic carbocycles. The summed E-state index contributed by atoms with van der Waals surface area (Å²) >= 11 is 4.87. The van der Waals surface area contributed by atoms with Gasteiger partial charge >= 0.3 is 6.61 Å². The summed E-state index contributed by atoms with van der Waals surface area (Å²) in [6.45, 7) is -2.87. The van der Waals surface area contributed by atoms with Crippen molar-refractivity contribution in [2.45, 2.75) is 19.5 Å². The summed E-state index contributed by atoms with van der Waals surface area (Å²) in [5.41, 5.74) is 5.27. The molecule has 1 aliphatic rings. The number of amides is 1. The molecule has 0 unspecified atom stereocenters. The van der Waals surface area contributed by atoms with E-state index in [1.807, 2.05) is 0 Å². The molecule has 0 aromatic heterocycles. The number of alkyl halides is 2. The second-order valence-electron chi connectivity index (χ2n) is 4.30. The smallest absolute Gasteiger partial charge is 0.387 e. The fourth-order valence-corrected chi connectivity index (χ4v) is 1.98. The van der Waals surface area contributed by atoms with Crippen LogP contribution in [-0.2, 0) is 4.79 Å². The van der Waals surface area contributed by atoms with Crippen molar-refractivity contribution in [1.82, 2.24) is 0 Å². The number of carbonyl (C=O) groups excluding carboxylic acids is 1. The number of nitrogens with one attached hydrogen (secondary N) is 1. The number of benzene rings is 1. The molecule has 0 heterocycles. The molecule has 1 aromatic rings. The third-order valence-electron chi connectivity index (χ3n) is 2.99. The van der Waals surface area contributed by atoms with Gasteiger partial charge in [0.1, 0.15) is 5.75 Å². The quantitative estimate of drug-likeness (QED) is 0.815. The molecule has 1 saturated carbocycles. The summed E-state index contributed by atoms with van der Waals surface area (Å²) in [7, 11) is 0. The maximum atomic E-state index is 12.0. The highest BCUT2D eigenvalue weighted by molar-refractivity contribution is 7.80. The van der Waals surface area contributed by atoms with E-state index in [4.69, 9.17) is 18.0 Å². The molecule has 0 saturated heterocycles. The lowest BCUT2D eigenvalue weighted by molar-refractivity contribution is -0.118. The van der Waals surface area contributed by atoms with E-state index in [9.17, 15) is 13.6 Å². The molecule has 1 amide bonds. The van der Waals surface area contributed by atoms with Gasteiger partial charge in [-0.25, -0.2) is 0 Å². The van der Waals surface area contributed by atoms with Crippen LogP contribution in [0, 0.1) is 5.41 Å². The minimum absolute atomic E-state index is 0.0310. The van der Waals surface area contributed by atoms with Crippen LogP contribution >= 0.6 is 12.2 Å². The predicted molar refractivity (Wildman–Crippen MR) is 70.2 cm³/mol. The number of hydrogen-bond acceptors (Lipinski definition) is 3. The summed E-state index contributed by atoms with van der Waals surface area (Å²) in [5, 5.41) is 2.66. The summed E-state index contributed by atoms with van der Waals surface area (Å²) in [4.78, 5) is 12.2. The van der Waals surface area contributed by atoms with Gasteiger partial charge in [0.2, 0.25) is 5.91 Å². The first kappa shape index (κ1) is 13.7. The van der Waals surface area contributed by atoms with Crippen LogP contribution in [0.25, 0.3) is 0 Å². The van der Waals surface area contributed by atoms with Gasteiger partial charge in [-0.15, -0.1) is 0 Å². The average molecular weight is 286 g/mol. The first-order valence-electron chi connectivity index (χ1n) is 5.60. The summed E-state index contributed by atoms with van der Waals surface area (Å²) in [6.07, 6.45) is 1.28. The first-order valence-corrected chi connectivity index (χ1v) is 6.01. The van der Waals surface area contributed by atoms with Gasteiger partial charge in [0.05, 0.1) is 10.4 Å². The number of anilines is 1. The number of ether oxygens (including phenoxy) is 1. The molecule has 3 N–H and O–H groups in total. The molecule has 19 heavy (non-hydrogen) atoms. The van der Waals surface area contributed by atoms with E-state index in [-0.39, 0.29) is 16.6 Å². The SMILES string of the molecule is NC(=S)C1(C(=O)Nc2ccc(OC(F)F)cc2)CC1. The number of halogens is 2. The Morgan fingerprint density at radius 2 is 1.95 bits per heavy atom. The van der Waals surface area contributed by atoms with Crippen LogP contribution in [0.4, 0.5) is 14.5 Å². The van der Waals surface area contributed by atoms with E-state index in [0.717, 1.165) is 0 Å². The number of hydrogen-bond donors (Lipinski definition) is 2. The Bertz CT molecular complexity index is 501. The Labute approximate surface area is 113 Å². The van der Waals surface area contributed by atoms with Crippen molar-refractivity contribution >= 4 is 28.8 Å². The number of carbonyl (C=O) groups is 1. The standard InChI is InChI=1S/C12H12F2N2O2S/c13-11(14)18-8-3-1-7(2-4-8)16-10(17)12(5-6-12)9(15)19/h1-4,11H,5-6H2,(H2,15,19)(H,16,17). The molecular weight excluding hydrogens is 274 g/mol. The Hall–Kier alpha value is -1.76. The fraction of sp³-hybridized carbons (Fsp3) is 0.333. The van der Waals surface area contributed by atoms with Gasteiger partial charge < -0.3 is 15.8 Å². The lowest BCUT2D eigenvalue weighted by Crippen LogP contribution is -2.34. The van der Waals surface area contributed by atoms with E-state index >= 15 is 0 Å². The first-order chi connectivity index (χ1) is 8.94. The molecule has 0 aliphatic heterocycles. The van der Waals surface area contributed by atoms with Gasteiger partial charge in [-0.3, -0.25) is 4.79 Å². The van der Waals surface area contributed by atoms with Gasteiger partial charge in [-0.05, 0) is 37.1 Å². The lowest BCUT2D eigenvalue weighted by atomic mass is 10.1. The topological polar surface area (TPSA) is 64.4 Å². The van der Waals surface area contributed by atoms with Crippen molar-refractivity contribution in [3.63, 3.8) is 0 Å². The molecule has 1 fully saturated rings. The highest BCUT2D eigenvalue weighted by atomic mass is 32.1. The molecule has 4 nitrogen and oxygen atoms in total. The molecule has 7 heteroatoms. The van der Waals surface area contributed by atoms with Crippen molar-refractivity contribution in [2.75, 3.05) is 5.32 Å². The van der Waals surface area contributed by atoms with Crippen LogP contribution < -0.4 is 15.8 Å².